The van der Waals surface area contributed by atoms with Gasteiger partial charge < -0.3 is 24.4 Å². The van der Waals surface area contributed by atoms with Crippen LogP contribution in [0.25, 0.3) is 0 Å². The van der Waals surface area contributed by atoms with Crippen molar-refractivity contribution in [2.45, 2.75) is 13.0 Å². The molecule has 0 aliphatic carbocycles. The lowest BCUT2D eigenvalue weighted by Crippen LogP contribution is -2.36. The van der Waals surface area contributed by atoms with Gasteiger partial charge in [-0.25, -0.2) is 4.79 Å². The van der Waals surface area contributed by atoms with Crippen molar-refractivity contribution in [3.8, 4) is 5.75 Å². The zero-order chi connectivity index (χ0) is 20.6. The number of benzene rings is 2. The molecule has 2 aromatic carbocycles. The standard InChI is InChI=1S/C21H23ClN2O5/c1-15(29-20(25)14-28-19-5-3-2-4-18(19)22)21(26)23-16-6-8-17(9-7-16)24-10-12-27-13-11-24/h2-9,15H,10-14H2,1H3,(H,23,26)/t15-/m0/s1. The number of hydrogen-bond donors (Lipinski definition) is 1. The van der Waals surface area contributed by atoms with E-state index >= 15 is 0 Å². The van der Waals surface area contributed by atoms with Crippen molar-refractivity contribution in [3.63, 3.8) is 0 Å². The van der Waals surface area contributed by atoms with Crippen LogP contribution in [-0.4, -0.2) is 50.9 Å². The molecule has 0 spiro atoms. The number of morpholine rings is 1. The molecule has 7 nitrogen and oxygen atoms in total. The van der Waals surface area contributed by atoms with Crippen LogP contribution in [0.2, 0.25) is 5.02 Å². The molecule has 8 heteroatoms. The maximum absolute atomic E-state index is 12.3. The van der Waals surface area contributed by atoms with E-state index in [0.717, 1.165) is 18.8 Å². The zero-order valence-corrected chi connectivity index (χ0v) is 16.9. The van der Waals surface area contributed by atoms with Gasteiger partial charge in [-0.15, -0.1) is 0 Å². The minimum atomic E-state index is -0.962. The molecule has 1 aliphatic heterocycles. The summed E-state index contributed by atoms with van der Waals surface area (Å²) in [5.74, 6) is -0.700. The van der Waals surface area contributed by atoms with Crippen molar-refractivity contribution in [2.75, 3.05) is 43.1 Å². The first-order chi connectivity index (χ1) is 14.0. The van der Waals surface area contributed by atoms with E-state index in [1.165, 1.54) is 6.92 Å². The number of carbonyl (C=O) groups excluding carboxylic acids is 2. The van der Waals surface area contributed by atoms with Crippen LogP contribution in [-0.2, 0) is 19.1 Å². The molecule has 2 aromatic rings. The van der Waals surface area contributed by atoms with E-state index in [1.807, 2.05) is 24.3 Å². The SMILES string of the molecule is C[C@H](OC(=O)COc1ccccc1Cl)C(=O)Nc1ccc(N2CCOCC2)cc1. The lowest BCUT2D eigenvalue weighted by molar-refractivity contribution is -0.155. The second-order valence-corrected chi connectivity index (χ2v) is 6.89. The second-order valence-electron chi connectivity index (χ2n) is 6.49. The van der Waals surface area contributed by atoms with Gasteiger partial charge in [0.05, 0.1) is 18.2 Å². The highest BCUT2D eigenvalue weighted by molar-refractivity contribution is 6.32. The van der Waals surface area contributed by atoms with Gasteiger partial charge in [0.2, 0.25) is 0 Å². The van der Waals surface area contributed by atoms with Gasteiger partial charge >= 0.3 is 5.97 Å². The average Bonchev–Trinajstić information content (AvgIpc) is 2.74. The van der Waals surface area contributed by atoms with Crippen molar-refractivity contribution in [3.05, 3.63) is 53.6 Å². The molecule has 1 amide bonds. The highest BCUT2D eigenvalue weighted by Gasteiger charge is 2.19. The molecule has 1 N–H and O–H groups in total. The molecule has 0 saturated carbocycles. The van der Waals surface area contributed by atoms with Crippen LogP contribution in [0.3, 0.4) is 0 Å². The molecular formula is C21H23ClN2O5. The van der Waals surface area contributed by atoms with Crippen LogP contribution in [0.4, 0.5) is 11.4 Å². The van der Waals surface area contributed by atoms with E-state index in [0.29, 0.717) is 29.7 Å². The Bertz CT molecular complexity index is 837. The first kappa shape index (κ1) is 21.0. The maximum Gasteiger partial charge on any atom is 0.344 e. The Morgan fingerprint density at radius 2 is 1.83 bits per heavy atom. The van der Waals surface area contributed by atoms with Crippen molar-refractivity contribution in [1.82, 2.24) is 0 Å². The van der Waals surface area contributed by atoms with E-state index in [9.17, 15) is 9.59 Å². The number of para-hydroxylation sites is 1. The van der Waals surface area contributed by atoms with Gasteiger partial charge in [0.1, 0.15) is 5.75 Å². The fourth-order valence-corrected chi connectivity index (χ4v) is 2.99. The van der Waals surface area contributed by atoms with E-state index in [2.05, 4.69) is 10.2 Å². The summed E-state index contributed by atoms with van der Waals surface area (Å²) in [5.41, 5.74) is 1.70. The molecule has 0 bridgehead atoms. The van der Waals surface area contributed by atoms with Gasteiger partial charge in [0.15, 0.2) is 12.7 Å². The number of nitrogens with zero attached hydrogens (tertiary/aromatic N) is 1. The van der Waals surface area contributed by atoms with Crippen LogP contribution >= 0.6 is 11.6 Å². The number of hydrogen-bond acceptors (Lipinski definition) is 6. The first-order valence-corrected chi connectivity index (χ1v) is 9.71. The topological polar surface area (TPSA) is 77.1 Å². The molecule has 0 aromatic heterocycles. The number of esters is 1. The summed E-state index contributed by atoms with van der Waals surface area (Å²) in [6.45, 7) is 4.27. The molecule has 0 radical (unpaired) electrons. The normalized spacial score (nSPS) is 14.8. The lowest BCUT2D eigenvalue weighted by Gasteiger charge is -2.28. The highest BCUT2D eigenvalue weighted by Crippen LogP contribution is 2.23. The van der Waals surface area contributed by atoms with Gasteiger partial charge in [-0.05, 0) is 43.3 Å². The third-order valence-corrected chi connectivity index (χ3v) is 4.68. The molecule has 1 heterocycles. The number of amides is 1. The highest BCUT2D eigenvalue weighted by atomic mass is 35.5. The minimum absolute atomic E-state index is 0.338. The van der Waals surface area contributed by atoms with Gasteiger partial charge in [-0.2, -0.15) is 0 Å². The number of rotatable bonds is 7. The molecule has 1 saturated heterocycles. The molecule has 1 atom stereocenters. The quantitative estimate of drug-likeness (QED) is 0.696. The Morgan fingerprint density at radius 1 is 1.14 bits per heavy atom. The fraction of sp³-hybridized carbons (Fsp3) is 0.333. The summed E-state index contributed by atoms with van der Waals surface area (Å²) < 4.78 is 15.8. The van der Waals surface area contributed by atoms with Crippen LogP contribution in [0.1, 0.15) is 6.92 Å². The van der Waals surface area contributed by atoms with Crippen LogP contribution in [0, 0.1) is 0 Å². The number of ether oxygens (including phenoxy) is 3. The predicted octanol–water partition coefficient (Wildman–Crippen LogP) is 3.13. The Labute approximate surface area is 174 Å². The Morgan fingerprint density at radius 3 is 2.52 bits per heavy atom. The summed E-state index contributed by atoms with van der Waals surface area (Å²) in [6, 6.07) is 14.3. The number of nitrogens with one attached hydrogen (secondary N) is 1. The molecule has 154 valence electrons. The minimum Gasteiger partial charge on any atom is -0.480 e. The molecule has 0 unspecified atom stereocenters. The van der Waals surface area contributed by atoms with E-state index in [4.69, 9.17) is 25.8 Å². The van der Waals surface area contributed by atoms with Crippen LogP contribution in [0.5, 0.6) is 5.75 Å². The maximum atomic E-state index is 12.3. The Balaban J connectivity index is 1.45. The van der Waals surface area contributed by atoms with E-state index in [1.54, 1.807) is 24.3 Å². The van der Waals surface area contributed by atoms with Crippen LogP contribution < -0.4 is 15.0 Å². The smallest absolute Gasteiger partial charge is 0.344 e. The number of anilines is 2. The molecule has 1 aliphatic rings. The summed E-state index contributed by atoms with van der Waals surface area (Å²) in [5, 5.41) is 3.13. The van der Waals surface area contributed by atoms with Gasteiger partial charge in [-0.1, -0.05) is 23.7 Å². The largest absolute Gasteiger partial charge is 0.480 e. The summed E-state index contributed by atoms with van der Waals surface area (Å²) in [4.78, 5) is 26.4. The second kappa shape index (κ2) is 10.1. The molecule has 29 heavy (non-hydrogen) atoms. The first-order valence-electron chi connectivity index (χ1n) is 9.33. The summed E-state index contributed by atoms with van der Waals surface area (Å²) >= 11 is 5.96. The third kappa shape index (κ3) is 6.10. The van der Waals surface area contributed by atoms with Crippen molar-refractivity contribution >= 4 is 34.9 Å². The van der Waals surface area contributed by atoms with Crippen molar-refractivity contribution in [1.29, 1.82) is 0 Å². The van der Waals surface area contributed by atoms with Gasteiger partial charge in [0.25, 0.3) is 5.91 Å². The predicted molar refractivity (Wildman–Crippen MR) is 111 cm³/mol. The molecule has 1 fully saturated rings. The number of carbonyl (C=O) groups is 2. The van der Waals surface area contributed by atoms with E-state index < -0.39 is 18.0 Å². The zero-order valence-electron chi connectivity index (χ0n) is 16.1. The van der Waals surface area contributed by atoms with E-state index in [-0.39, 0.29) is 6.61 Å². The number of halogens is 1. The fourth-order valence-electron chi connectivity index (χ4n) is 2.80. The Kier molecular flexibility index (Phi) is 7.32. The van der Waals surface area contributed by atoms with Gasteiger partial charge in [0, 0.05) is 24.5 Å². The third-order valence-electron chi connectivity index (χ3n) is 4.37. The summed E-state index contributed by atoms with van der Waals surface area (Å²) in [6.07, 6.45) is -0.962. The lowest BCUT2D eigenvalue weighted by atomic mass is 10.2. The van der Waals surface area contributed by atoms with Crippen LogP contribution in [0.15, 0.2) is 48.5 Å². The van der Waals surface area contributed by atoms with Crippen molar-refractivity contribution < 1.29 is 23.8 Å². The van der Waals surface area contributed by atoms with Gasteiger partial charge in [-0.3, -0.25) is 4.79 Å². The molecular weight excluding hydrogens is 396 g/mol. The summed E-state index contributed by atoms with van der Waals surface area (Å²) in [7, 11) is 0. The van der Waals surface area contributed by atoms with Crippen molar-refractivity contribution in [2.24, 2.45) is 0 Å². The average molecular weight is 419 g/mol. The monoisotopic (exact) mass is 418 g/mol. The molecule has 3 rings (SSSR count). The Hall–Kier alpha value is -2.77.